The van der Waals surface area contributed by atoms with Crippen molar-refractivity contribution in [2.75, 3.05) is 0 Å². The molecule has 0 bridgehead atoms. The van der Waals surface area contributed by atoms with Crippen LogP contribution < -0.4 is 12.3 Å². The van der Waals surface area contributed by atoms with Crippen molar-refractivity contribution in [2.24, 2.45) is 0 Å². The molecule has 4 heteroatoms. The standard InChI is InChI=1S/AsO3/c2-1(3)4/q-3/p+3. The van der Waals surface area contributed by atoms with E-state index in [1.54, 1.807) is 0 Å². The number of hydrogen-bond acceptors (Lipinski definition) is 3. The van der Waals surface area contributed by atoms with Crippen LogP contribution in [0.4, 0.5) is 0 Å². The van der Waals surface area contributed by atoms with Crippen LogP contribution in [-0.4, -0.2) is 15.7 Å². The molecule has 0 atom stereocenters. The van der Waals surface area contributed by atoms with E-state index >= 15 is 0 Å². The molecular formula is H3AsO3. The summed E-state index contributed by atoms with van der Waals surface area (Å²) in [7, 11) is 0. The fourth-order valence-electron chi connectivity index (χ4n) is 0. The molecule has 0 aliphatic heterocycles. The minimum atomic E-state index is -3.94. The molecule has 0 aromatic heterocycles. The number of rotatable bonds is 0. The number of hydrogen-bond donors (Lipinski definition) is 0. The van der Waals surface area contributed by atoms with Crippen LogP contribution in [0, 0.1) is 0 Å². The summed E-state index contributed by atoms with van der Waals surface area (Å²) in [6, 6.07) is 0. The van der Waals surface area contributed by atoms with Crippen molar-refractivity contribution < 1.29 is 16.6 Å². The van der Waals surface area contributed by atoms with E-state index in [0.29, 0.717) is 0 Å². The van der Waals surface area contributed by atoms with Gasteiger partial charge in [-0.3, -0.25) is 0 Å². The van der Waals surface area contributed by atoms with Gasteiger partial charge in [0, 0.05) is 0 Å². The Morgan fingerprint density at radius 2 is 1.25 bits per heavy atom. The normalized spacial score (nSPS) is 9.00. The molecule has 0 spiro atoms. The van der Waals surface area contributed by atoms with E-state index in [-0.39, 0.29) is 4.28 Å². The molecule has 0 rings (SSSR count). The average Bonchev–Trinajstić information content (AvgIpc) is 0.811. The summed E-state index contributed by atoms with van der Waals surface area (Å²) in [5.41, 5.74) is 0. The molecule has 0 aliphatic carbocycles. The summed E-state index contributed by atoms with van der Waals surface area (Å²) in [6.45, 7) is 0. The summed E-state index contributed by atoms with van der Waals surface area (Å²) in [6.07, 6.45) is 0. The summed E-state index contributed by atoms with van der Waals surface area (Å²) in [4.78, 5) is 0. The first kappa shape index (κ1) is 4.44. The van der Waals surface area contributed by atoms with Crippen molar-refractivity contribution in [3.8, 4) is 0 Å². The summed E-state index contributed by atoms with van der Waals surface area (Å²) < 4.78 is 25.7. The van der Waals surface area contributed by atoms with E-state index in [1.165, 1.54) is 0 Å². The molecule has 0 aliphatic rings. The van der Waals surface area contributed by atoms with E-state index in [0.717, 1.165) is 0 Å². The molecule has 0 saturated heterocycles. The van der Waals surface area contributed by atoms with Crippen molar-refractivity contribution in [3.05, 3.63) is 0 Å². The molecule has 4 heavy (non-hydrogen) atoms. The van der Waals surface area contributed by atoms with Gasteiger partial charge in [-0.1, -0.05) is 0 Å². The molecule has 0 saturated carbocycles. The maximum atomic E-state index is 8.56. The zero-order chi connectivity index (χ0) is 3.58. The van der Waals surface area contributed by atoms with Crippen molar-refractivity contribution >= 4 is 15.7 Å². The van der Waals surface area contributed by atoms with Gasteiger partial charge in [-0.05, 0) is 0 Å². The molecule has 26 valence electrons. The van der Waals surface area contributed by atoms with Crippen LogP contribution in [0.2, 0.25) is 0 Å². The van der Waals surface area contributed by atoms with Gasteiger partial charge in [-0.25, -0.2) is 0 Å². The molecule has 3 nitrogen and oxygen atoms in total. The SMILES string of the molecule is [H+].[H+].[H+].[O-][As]([O-])[O-]. The molecule has 0 aromatic carbocycles. The fraction of sp³-hybridized carbons (Fsp3) is 0. The zero-order valence-corrected chi connectivity index (χ0v) is 3.55. The monoisotopic (exact) mass is 126 g/mol. The van der Waals surface area contributed by atoms with Gasteiger partial charge in [-0.2, -0.15) is 0 Å². The van der Waals surface area contributed by atoms with E-state index in [1.807, 2.05) is 0 Å². The van der Waals surface area contributed by atoms with Crippen molar-refractivity contribution in [1.29, 1.82) is 0 Å². The van der Waals surface area contributed by atoms with E-state index in [2.05, 4.69) is 0 Å². The van der Waals surface area contributed by atoms with Gasteiger partial charge < -0.3 is 0 Å². The van der Waals surface area contributed by atoms with Gasteiger partial charge in [0.15, 0.2) is 0 Å². The Labute approximate surface area is 33.3 Å². The quantitative estimate of drug-likeness (QED) is 0.315. The summed E-state index contributed by atoms with van der Waals surface area (Å²) in [5, 5.41) is 0. The second kappa shape index (κ2) is 1.73. The third kappa shape index (κ3) is 26.2. The van der Waals surface area contributed by atoms with Gasteiger partial charge in [0.1, 0.15) is 0 Å². The average molecular weight is 126 g/mol. The Bertz CT molecular complexity index is 14.9. The van der Waals surface area contributed by atoms with Crippen LogP contribution in [0.15, 0.2) is 0 Å². The molecular weight excluding hydrogens is 123 g/mol. The Morgan fingerprint density at radius 3 is 1.25 bits per heavy atom. The summed E-state index contributed by atoms with van der Waals surface area (Å²) >= 11 is -3.94. The Kier molecular flexibility index (Phi) is 1.92. The topological polar surface area (TPSA) is 69.2 Å². The predicted molar refractivity (Wildman–Crippen MR) is 9.09 cm³/mol. The van der Waals surface area contributed by atoms with Crippen molar-refractivity contribution in [3.63, 3.8) is 0 Å². The first-order chi connectivity index (χ1) is 1.73. The van der Waals surface area contributed by atoms with Crippen LogP contribution in [0.5, 0.6) is 0 Å². The Hall–Kier alpha value is 0.438. The molecule has 0 unspecified atom stereocenters. The second-order valence-electron chi connectivity index (χ2n) is 0.224. The first-order valence-electron chi connectivity index (χ1n) is 0.548. The van der Waals surface area contributed by atoms with E-state index in [9.17, 15) is 0 Å². The predicted octanol–water partition coefficient (Wildman–Crippen LogP) is -3.61. The molecule has 0 radical (unpaired) electrons. The van der Waals surface area contributed by atoms with Gasteiger partial charge in [0.2, 0.25) is 0 Å². The van der Waals surface area contributed by atoms with Crippen LogP contribution in [0.3, 0.4) is 0 Å². The molecule has 0 heterocycles. The van der Waals surface area contributed by atoms with Crippen LogP contribution in [0.1, 0.15) is 4.28 Å². The Morgan fingerprint density at radius 1 is 1.25 bits per heavy atom. The van der Waals surface area contributed by atoms with Gasteiger partial charge >= 0.3 is 32.2 Å². The summed E-state index contributed by atoms with van der Waals surface area (Å²) in [5.74, 6) is 0. The zero-order valence-electron chi connectivity index (χ0n) is 4.67. The Balaban J connectivity index is -0.0000000150. The maximum absolute atomic E-state index is 8.56. The second-order valence-corrected chi connectivity index (χ2v) is 1.16. The fourth-order valence-corrected chi connectivity index (χ4v) is 0. The van der Waals surface area contributed by atoms with E-state index < -0.39 is 15.7 Å². The van der Waals surface area contributed by atoms with Gasteiger partial charge in [0.25, 0.3) is 0 Å². The third-order valence-electron chi connectivity index (χ3n) is 0. The molecule has 0 fully saturated rings. The molecule has 0 amide bonds. The van der Waals surface area contributed by atoms with E-state index in [4.69, 9.17) is 12.3 Å². The van der Waals surface area contributed by atoms with Gasteiger partial charge in [-0.15, -0.1) is 0 Å². The first-order valence-corrected chi connectivity index (χ1v) is 2.85. The third-order valence-corrected chi connectivity index (χ3v) is 0. The van der Waals surface area contributed by atoms with Crippen LogP contribution in [0.25, 0.3) is 0 Å². The van der Waals surface area contributed by atoms with Crippen molar-refractivity contribution in [1.82, 2.24) is 0 Å². The van der Waals surface area contributed by atoms with Crippen LogP contribution >= 0.6 is 0 Å². The minimum absolute atomic E-state index is 0. The molecule has 0 aromatic rings. The van der Waals surface area contributed by atoms with Crippen LogP contribution in [-0.2, 0) is 0 Å². The van der Waals surface area contributed by atoms with Gasteiger partial charge in [0.05, 0.1) is 0 Å². The molecule has 0 N–H and O–H groups in total. The van der Waals surface area contributed by atoms with Crippen molar-refractivity contribution in [2.45, 2.75) is 0 Å².